The molecule has 9 heteroatoms. The molecule has 0 aromatic carbocycles. The number of aryl methyl sites for hydroxylation is 1. The Morgan fingerprint density at radius 1 is 1.24 bits per heavy atom. The fourth-order valence-corrected chi connectivity index (χ4v) is 4.42. The maximum Gasteiger partial charge on any atom is 0.261 e. The lowest BCUT2D eigenvalue weighted by molar-refractivity contribution is 0.0949. The molecule has 1 fully saturated rings. The molecule has 1 amide bonds. The van der Waals surface area contributed by atoms with E-state index in [1.807, 2.05) is 29.8 Å². The number of amides is 1. The summed E-state index contributed by atoms with van der Waals surface area (Å²) >= 11 is 1.60. The smallest absolute Gasteiger partial charge is 0.261 e. The number of aromatic amines is 1. The van der Waals surface area contributed by atoms with Gasteiger partial charge in [0.25, 0.3) is 11.5 Å². The van der Waals surface area contributed by atoms with E-state index >= 15 is 0 Å². The van der Waals surface area contributed by atoms with Crippen molar-refractivity contribution in [1.82, 2.24) is 29.5 Å². The van der Waals surface area contributed by atoms with Crippen LogP contribution in [0.5, 0.6) is 0 Å². The molecule has 0 aliphatic carbocycles. The van der Waals surface area contributed by atoms with Crippen LogP contribution in [0.25, 0.3) is 4.96 Å². The summed E-state index contributed by atoms with van der Waals surface area (Å²) < 4.78 is 1.95. The minimum Gasteiger partial charge on any atom is -0.346 e. The standard InChI is InChI=1S/C20H26N6O2S/c1-14-11-26-13-16(23-20(26)29-14)10-21-18(27)17-5-4-15(22-19(17)28)12-25-7-3-6-24(2)8-9-25/h4-5,11,13H,3,6-10,12H2,1-2H3,(H,21,27)(H,22,28). The van der Waals surface area contributed by atoms with Crippen molar-refractivity contribution in [3.63, 3.8) is 0 Å². The number of hydrogen-bond acceptors (Lipinski definition) is 6. The van der Waals surface area contributed by atoms with E-state index in [0.29, 0.717) is 6.54 Å². The van der Waals surface area contributed by atoms with Gasteiger partial charge in [-0.3, -0.25) is 18.9 Å². The average molecular weight is 415 g/mol. The highest BCUT2D eigenvalue weighted by Gasteiger charge is 2.15. The third kappa shape index (κ3) is 4.75. The quantitative estimate of drug-likeness (QED) is 0.660. The van der Waals surface area contributed by atoms with Crippen molar-refractivity contribution in [3.8, 4) is 0 Å². The number of imidazole rings is 1. The molecule has 4 heterocycles. The van der Waals surface area contributed by atoms with E-state index in [4.69, 9.17) is 0 Å². The molecular weight excluding hydrogens is 388 g/mol. The first-order chi connectivity index (χ1) is 14.0. The van der Waals surface area contributed by atoms with Gasteiger partial charge in [0, 0.05) is 42.6 Å². The van der Waals surface area contributed by atoms with Crippen LogP contribution >= 0.6 is 11.3 Å². The van der Waals surface area contributed by atoms with Crippen LogP contribution in [0.4, 0.5) is 0 Å². The van der Waals surface area contributed by atoms with Gasteiger partial charge in [0.05, 0.1) is 12.2 Å². The second-order valence-electron chi connectivity index (χ2n) is 7.61. The molecule has 154 valence electrons. The fourth-order valence-electron chi connectivity index (χ4n) is 3.60. The molecule has 0 atom stereocenters. The van der Waals surface area contributed by atoms with Crippen molar-refractivity contribution >= 4 is 22.2 Å². The van der Waals surface area contributed by atoms with Crippen LogP contribution in [0.3, 0.4) is 0 Å². The van der Waals surface area contributed by atoms with Gasteiger partial charge in [-0.05, 0) is 45.6 Å². The third-order valence-corrected chi connectivity index (χ3v) is 6.08. The maximum atomic E-state index is 12.5. The number of nitrogens with zero attached hydrogens (tertiary/aromatic N) is 4. The zero-order valence-corrected chi connectivity index (χ0v) is 17.6. The molecule has 4 rings (SSSR count). The molecule has 2 N–H and O–H groups in total. The van der Waals surface area contributed by atoms with Gasteiger partial charge in [0.15, 0.2) is 4.96 Å². The predicted octanol–water partition coefficient (Wildman–Crippen LogP) is 1.46. The number of fused-ring (bicyclic) bond motifs is 1. The summed E-state index contributed by atoms with van der Waals surface area (Å²) in [4.78, 5) is 39.0. The number of thiazole rings is 1. The highest BCUT2D eigenvalue weighted by atomic mass is 32.1. The highest BCUT2D eigenvalue weighted by molar-refractivity contribution is 7.16. The monoisotopic (exact) mass is 414 g/mol. The first-order valence-corrected chi connectivity index (χ1v) is 10.6. The van der Waals surface area contributed by atoms with Gasteiger partial charge in [0.2, 0.25) is 0 Å². The van der Waals surface area contributed by atoms with Gasteiger partial charge < -0.3 is 15.2 Å². The van der Waals surface area contributed by atoms with Crippen LogP contribution < -0.4 is 10.9 Å². The van der Waals surface area contributed by atoms with E-state index in [0.717, 1.165) is 48.9 Å². The molecule has 3 aromatic heterocycles. The van der Waals surface area contributed by atoms with Gasteiger partial charge >= 0.3 is 0 Å². The van der Waals surface area contributed by atoms with Gasteiger partial charge in [0.1, 0.15) is 5.56 Å². The number of rotatable bonds is 5. The molecule has 29 heavy (non-hydrogen) atoms. The van der Waals surface area contributed by atoms with Gasteiger partial charge in [-0.25, -0.2) is 4.98 Å². The van der Waals surface area contributed by atoms with E-state index in [1.165, 1.54) is 4.88 Å². The lowest BCUT2D eigenvalue weighted by atomic mass is 10.2. The normalized spacial score (nSPS) is 16.2. The molecule has 8 nitrogen and oxygen atoms in total. The summed E-state index contributed by atoms with van der Waals surface area (Å²) in [7, 11) is 2.13. The van der Waals surface area contributed by atoms with Crippen LogP contribution in [-0.2, 0) is 13.1 Å². The molecule has 0 bridgehead atoms. The Labute approximate surface area is 173 Å². The number of likely N-dealkylation sites (N-methyl/N-ethyl adjacent to an activating group) is 1. The Kier molecular flexibility index (Phi) is 5.79. The second kappa shape index (κ2) is 8.48. The van der Waals surface area contributed by atoms with E-state index in [-0.39, 0.29) is 23.6 Å². The fraction of sp³-hybridized carbons (Fsp3) is 0.450. The van der Waals surface area contributed by atoms with Crippen molar-refractivity contribution in [2.45, 2.75) is 26.4 Å². The summed E-state index contributed by atoms with van der Waals surface area (Å²) in [6.45, 7) is 7.11. The Morgan fingerprint density at radius 3 is 2.90 bits per heavy atom. The van der Waals surface area contributed by atoms with Crippen molar-refractivity contribution in [3.05, 3.63) is 56.7 Å². The van der Waals surface area contributed by atoms with Gasteiger partial charge in [-0.15, -0.1) is 11.3 Å². The minimum absolute atomic E-state index is 0.126. The van der Waals surface area contributed by atoms with Crippen molar-refractivity contribution in [2.75, 3.05) is 33.2 Å². The lowest BCUT2D eigenvalue weighted by Gasteiger charge is -2.19. The third-order valence-electron chi connectivity index (χ3n) is 5.17. The topological polar surface area (TPSA) is 85.7 Å². The van der Waals surface area contributed by atoms with E-state index in [9.17, 15) is 9.59 Å². The predicted molar refractivity (Wildman–Crippen MR) is 113 cm³/mol. The first-order valence-electron chi connectivity index (χ1n) is 9.83. The molecule has 0 unspecified atom stereocenters. The summed E-state index contributed by atoms with van der Waals surface area (Å²) in [5.74, 6) is -0.387. The molecule has 1 saturated heterocycles. The maximum absolute atomic E-state index is 12.5. The Hall–Kier alpha value is -2.49. The van der Waals surface area contributed by atoms with Crippen LogP contribution in [0, 0.1) is 6.92 Å². The molecule has 3 aromatic rings. The summed E-state index contributed by atoms with van der Waals surface area (Å²) in [5, 5.41) is 2.79. The van der Waals surface area contributed by atoms with Crippen molar-refractivity contribution in [1.29, 1.82) is 0 Å². The summed E-state index contributed by atoms with van der Waals surface area (Å²) in [6, 6.07) is 3.45. The van der Waals surface area contributed by atoms with Gasteiger partial charge in [-0.2, -0.15) is 0 Å². The SMILES string of the molecule is Cc1cn2cc(CNC(=O)c3ccc(CN4CCCN(C)CC4)[nH]c3=O)nc2s1. The number of hydrogen-bond donors (Lipinski definition) is 2. The zero-order valence-electron chi connectivity index (χ0n) is 16.8. The van der Waals surface area contributed by atoms with Crippen LogP contribution in [0.2, 0.25) is 0 Å². The Morgan fingerprint density at radius 2 is 2.10 bits per heavy atom. The van der Waals surface area contributed by atoms with Crippen LogP contribution in [0.15, 0.2) is 29.3 Å². The molecule has 0 spiro atoms. The van der Waals surface area contributed by atoms with E-state index in [2.05, 4.69) is 32.1 Å². The number of nitrogens with one attached hydrogen (secondary N) is 2. The Bertz CT molecular complexity index is 1040. The summed E-state index contributed by atoms with van der Waals surface area (Å²) in [6.07, 6.45) is 5.02. The second-order valence-corrected chi connectivity index (χ2v) is 8.82. The van der Waals surface area contributed by atoms with Gasteiger partial charge in [-0.1, -0.05) is 0 Å². The molecule has 1 aliphatic rings. The lowest BCUT2D eigenvalue weighted by Crippen LogP contribution is -2.32. The molecular formula is C20H26N6O2S. The van der Waals surface area contributed by atoms with Crippen LogP contribution in [0.1, 0.15) is 33.0 Å². The number of H-pyrrole nitrogens is 1. The molecule has 1 aliphatic heterocycles. The van der Waals surface area contributed by atoms with Crippen LogP contribution in [-0.4, -0.2) is 63.3 Å². The molecule has 0 saturated carbocycles. The van der Waals surface area contributed by atoms with Crippen molar-refractivity contribution < 1.29 is 4.79 Å². The van der Waals surface area contributed by atoms with Crippen molar-refractivity contribution in [2.24, 2.45) is 0 Å². The number of carbonyl (C=O) groups is 1. The number of aromatic nitrogens is 3. The highest BCUT2D eigenvalue weighted by Crippen LogP contribution is 2.16. The number of pyridine rings is 1. The molecule has 0 radical (unpaired) electrons. The van der Waals surface area contributed by atoms with E-state index in [1.54, 1.807) is 17.4 Å². The average Bonchev–Trinajstić information content (AvgIpc) is 3.13. The zero-order chi connectivity index (χ0) is 20.4. The van der Waals surface area contributed by atoms with E-state index < -0.39 is 0 Å². The largest absolute Gasteiger partial charge is 0.346 e. The summed E-state index contributed by atoms with van der Waals surface area (Å²) in [5.41, 5.74) is 1.37. The first kappa shape index (κ1) is 19.8. The number of carbonyl (C=O) groups excluding carboxylic acids is 1. The minimum atomic E-state index is -0.387. The Balaban J connectivity index is 1.37.